The first-order chi connectivity index (χ1) is 12.8. The monoisotopic (exact) mass is 391 g/mol. The van der Waals surface area contributed by atoms with E-state index in [1.807, 2.05) is 7.05 Å². The van der Waals surface area contributed by atoms with Crippen LogP contribution in [0.2, 0.25) is 0 Å². The van der Waals surface area contributed by atoms with Crippen LogP contribution >= 0.6 is 0 Å². The molecule has 1 N–H and O–H groups in total. The van der Waals surface area contributed by atoms with E-state index >= 15 is 0 Å². The molecule has 1 aliphatic heterocycles. The quantitative estimate of drug-likeness (QED) is 0.869. The first-order valence-corrected chi connectivity index (χ1v) is 10.1. The van der Waals surface area contributed by atoms with Gasteiger partial charge in [-0.1, -0.05) is 6.07 Å². The predicted octanol–water partition coefficient (Wildman–Crippen LogP) is 2.32. The molecule has 1 aliphatic rings. The predicted molar refractivity (Wildman–Crippen MR) is 102 cm³/mol. The van der Waals surface area contributed by atoms with Crippen LogP contribution < -0.4 is 5.32 Å². The maximum atomic E-state index is 13.2. The Morgan fingerprint density at radius 3 is 2.44 bits per heavy atom. The van der Waals surface area contributed by atoms with E-state index in [1.54, 1.807) is 19.1 Å². The minimum absolute atomic E-state index is 0.0931. The smallest absolute Gasteiger partial charge is 0.255 e. The first kappa shape index (κ1) is 19.5. The van der Waals surface area contributed by atoms with Gasteiger partial charge < -0.3 is 10.2 Å². The summed E-state index contributed by atoms with van der Waals surface area (Å²) in [6, 6.07) is 10.0. The van der Waals surface area contributed by atoms with Crippen LogP contribution in [0.1, 0.15) is 15.9 Å². The third-order valence-corrected chi connectivity index (χ3v) is 6.53. The van der Waals surface area contributed by atoms with E-state index in [4.69, 9.17) is 0 Å². The van der Waals surface area contributed by atoms with E-state index in [1.165, 1.54) is 34.6 Å². The van der Waals surface area contributed by atoms with Crippen LogP contribution in [0.3, 0.4) is 0 Å². The van der Waals surface area contributed by atoms with Gasteiger partial charge in [0.2, 0.25) is 10.0 Å². The van der Waals surface area contributed by atoms with Crippen LogP contribution in [0, 0.1) is 12.7 Å². The number of carbonyl (C=O) groups excluding carboxylic acids is 1. The second kappa shape index (κ2) is 7.75. The van der Waals surface area contributed by atoms with Crippen LogP contribution in [0.5, 0.6) is 0 Å². The Labute approximate surface area is 158 Å². The van der Waals surface area contributed by atoms with Gasteiger partial charge in [0.15, 0.2) is 0 Å². The number of likely N-dealkylation sites (N-methyl/N-ethyl adjacent to an activating group) is 1. The maximum Gasteiger partial charge on any atom is 0.255 e. The Balaban J connectivity index is 1.81. The van der Waals surface area contributed by atoms with Crippen molar-refractivity contribution in [3.8, 4) is 0 Å². The van der Waals surface area contributed by atoms with Crippen molar-refractivity contribution in [3.05, 3.63) is 59.4 Å². The van der Waals surface area contributed by atoms with E-state index in [9.17, 15) is 17.6 Å². The van der Waals surface area contributed by atoms with Gasteiger partial charge in [0.25, 0.3) is 5.91 Å². The molecule has 2 aromatic carbocycles. The van der Waals surface area contributed by atoms with E-state index in [0.29, 0.717) is 37.4 Å². The molecular formula is C19H22FN3O3S. The summed E-state index contributed by atoms with van der Waals surface area (Å²) in [5.74, 6) is -0.828. The molecule has 0 aliphatic carbocycles. The van der Waals surface area contributed by atoms with Crippen molar-refractivity contribution in [2.24, 2.45) is 0 Å². The molecule has 144 valence electrons. The fourth-order valence-electron chi connectivity index (χ4n) is 2.94. The molecule has 1 saturated heterocycles. The van der Waals surface area contributed by atoms with Crippen LogP contribution in [-0.4, -0.2) is 56.8 Å². The standard InChI is InChI=1S/C19H22FN3O3S/c1-14-12-16(20)6-7-18(14)21-19(24)15-4-3-5-17(13-15)27(25,26)23-10-8-22(2)9-11-23/h3-7,12-13H,8-11H2,1-2H3,(H,21,24). The second-order valence-electron chi connectivity index (χ2n) is 6.65. The van der Waals surface area contributed by atoms with Gasteiger partial charge in [0.1, 0.15) is 5.82 Å². The topological polar surface area (TPSA) is 69.7 Å². The number of nitrogens with zero attached hydrogens (tertiary/aromatic N) is 2. The first-order valence-electron chi connectivity index (χ1n) is 8.63. The van der Waals surface area contributed by atoms with Gasteiger partial charge in [-0.05, 0) is 55.9 Å². The van der Waals surface area contributed by atoms with Gasteiger partial charge in [0, 0.05) is 37.4 Å². The minimum Gasteiger partial charge on any atom is -0.322 e. The number of aryl methyl sites for hydroxylation is 1. The summed E-state index contributed by atoms with van der Waals surface area (Å²) in [6.45, 7) is 3.87. The van der Waals surface area contributed by atoms with E-state index in [0.717, 1.165) is 0 Å². The summed E-state index contributed by atoms with van der Waals surface area (Å²) in [6.07, 6.45) is 0. The van der Waals surface area contributed by atoms with Gasteiger partial charge in [0.05, 0.1) is 4.90 Å². The van der Waals surface area contributed by atoms with Crippen molar-refractivity contribution in [3.63, 3.8) is 0 Å². The van der Waals surface area contributed by atoms with Gasteiger partial charge in [-0.2, -0.15) is 4.31 Å². The Kier molecular flexibility index (Phi) is 5.59. The van der Waals surface area contributed by atoms with Crippen LogP contribution in [0.4, 0.5) is 10.1 Å². The van der Waals surface area contributed by atoms with E-state index < -0.39 is 15.9 Å². The zero-order valence-corrected chi connectivity index (χ0v) is 16.1. The Morgan fingerprint density at radius 2 is 1.78 bits per heavy atom. The van der Waals surface area contributed by atoms with Gasteiger partial charge in [-0.25, -0.2) is 12.8 Å². The summed E-state index contributed by atoms with van der Waals surface area (Å²) >= 11 is 0. The van der Waals surface area contributed by atoms with Crippen LogP contribution in [0.15, 0.2) is 47.4 Å². The van der Waals surface area contributed by atoms with Crippen LogP contribution in [-0.2, 0) is 10.0 Å². The average Bonchev–Trinajstić information content (AvgIpc) is 2.64. The highest BCUT2D eigenvalue weighted by Gasteiger charge is 2.28. The minimum atomic E-state index is -3.65. The van der Waals surface area contributed by atoms with Crippen molar-refractivity contribution in [2.75, 3.05) is 38.5 Å². The molecule has 0 atom stereocenters. The van der Waals surface area contributed by atoms with E-state index in [2.05, 4.69) is 10.2 Å². The lowest BCUT2D eigenvalue weighted by Crippen LogP contribution is -2.47. The number of halogens is 1. The zero-order valence-electron chi connectivity index (χ0n) is 15.3. The van der Waals surface area contributed by atoms with Crippen molar-refractivity contribution in [2.45, 2.75) is 11.8 Å². The Hall–Kier alpha value is -2.29. The number of rotatable bonds is 4. The number of hydrogen-bond acceptors (Lipinski definition) is 4. The van der Waals surface area contributed by atoms with Crippen molar-refractivity contribution in [1.29, 1.82) is 0 Å². The third-order valence-electron chi connectivity index (χ3n) is 4.63. The molecule has 2 aromatic rings. The number of carbonyl (C=O) groups is 1. The summed E-state index contributed by atoms with van der Waals surface area (Å²) in [4.78, 5) is 14.7. The van der Waals surface area contributed by atoms with Crippen molar-refractivity contribution >= 4 is 21.6 Å². The summed E-state index contributed by atoms with van der Waals surface area (Å²) in [7, 11) is -1.70. The van der Waals surface area contributed by atoms with Gasteiger partial charge in [-0.3, -0.25) is 4.79 Å². The summed E-state index contributed by atoms with van der Waals surface area (Å²) in [5, 5.41) is 2.70. The fraction of sp³-hybridized carbons (Fsp3) is 0.316. The number of hydrogen-bond donors (Lipinski definition) is 1. The van der Waals surface area contributed by atoms with Gasteiger partial charge in [-0.15, -0.1) is 0 Å². The molecule has 1 fully saturated rings. The zero-order chi connectivity index (χ0) is 19.6. The van der Waals surface area contributed by atoms with Crippen molar-refractivity contribution < 1.29 is 17.6 Å². The highest BCUT2D eigenvalue weighted by Crippen LogP contribution is 2.21. The number of benzene rings is 2. The number of sulfonamides is 1. The lowest BCUT2D eigenvalue weighted by Gasteiger charge is -2.31. The molecule has 3 rings (SSSR count). The molecule has 8 heteroatoms. The fourth-order valence-corrected chi connectivity index (χ4v) is 4.41. The lowest BCUT2D eigenvalue weighted by molar-refractivity contribution is 0.102. The summed E-state index contributed by atoms with van der Waals surface area (Å²) < 4.78 is 40.3. The van der Waals surface area contributed by atoms with Crippen LogP contribution in [0.25, 0.3) is 0 Å². The molecule has 0 unspecified atom stereocenters. The molecule has 0 spiro atoms. The number of amides is 1. The average molecular weight is 391 g/mol. The molecular weight excluding hydrogens is 369 g/mol. The molecule has 0 bridgehead atoms. The highest BCUT2D eigenvalue weighted by atomic mass is 32.2. The Bertz CT molecular complexity index is 954. The summed E-state index contributed by atoms with van der Waals surface area (Å²) in [5.41, 5.74) is 1.30. The Morgan fingerprint density at radius 1 is 1.07 bits per heavy atom. The lowest BCUT2D eigenvalue weighted by atomic mass is 10.1. The number of anilines is 1. The maximum absolute atomic E-state index is 13.2. The molecule has 1 amide bonds. The number of piperazine rings is 1. The SMILES string of the molecule is Cc1cc(F)ccc1NC(=O)c1cccc(S(=O)(=O)N2CCN(C)CC2)c1. The molecule has 27 heavy (non-hydrogen) atoms. The highest BCUT2D eigenvalue weighted by molar-refractivity contribution is 7.89. The normalized spacial score (nSPS) is 16.3. The van der Waals surface area contributed by atoms with Gasteiger partial charge >= 0.3 is 0 Å². The second-order valence-corrected chi connectivity index (χ2v) is 8.59. The van der Waals surface area contributed by atoms with Crippen molar-refractivity contribution in [1.82, 2.24) is 9.21 Å². The molecule has 0 aromatic heterocycles. The molecule has 0 radical (unpaired) electrons. The molecule has 6 nitrogen and oxygen atoms in total. The van der Waals surface area contributed by atoms with E-state index in [-0.39, 0.29) is 16.3 Å². The molecule has 1 heterocycles. The third kappa shape index (κ3) is 4.35. The molecule has 0 saturated carbocycles. The number of nitrogens with one attached hydrogen (secondary N) is 1. The largest absolute Gasteiger partial charge is 0.322 e.